The number of methoxy groups -OCH3 is 3. The number of hydrogen-bond acceptors (Lipinski definition) is 9. The number of carbonyl (C=O) groups is 1. The second-order valence-corrected chi connectivity index (χ2v) is 9.96. The molecule has 0 radical (unpaired) electrons. The van der Waals surface area contributed by atoms with Crippen LogP contribution in [0.2, 0.25) is 0 Å². The van der Waals surface area contributed by atoms with Gasteiger partial charge in [0.2, 0.25) is 5.95 Å². The molecule has 11 heteroatoms. The Balaban J connectivity index is 1.32. The van der Waals surface area contributed by atoms with Crippen LogP contribution in [0.1, 0.15) is 21.6 Å². The first-order valence-electron chi connectivity index (χ1n) is 13.6. The van der Waals surface area contributed by atoms with Crippen molar-refractivity contribution < 1.29 is 19.0 Å². The summed E-state index contributed by atoms with van der Waals surface area (Å²) < 4.78 is 19.3. The van der Waals surface area contributed by atoms with Crippen LogP contribution in [0.25, 0.3) is 33.6 Å². The van der Waals surface area contributed by atoms with Crippen molar-refractivity contribution in [3.63, 3.8) is 0 Å². The van der Waals surface area contributed by atoms with Crippen molar-refractivity contribution in [1.29, 1.82) is 0 Å². The van der Waals surface area contributed by atoms with Crippen molar-refractivity contribution in [3.8, 4) is 39.4 Å². The highest BCUT2D eigenvalue weighted by Crippen LogP contribution is 2.40. The number of fused-ring (bicyclic) bond motifs is 3. The van der Waals surface area contributed by atoms with Gasteiger partial charge < -0.3 is 19.5 Å². The third kappa shape index (κ3) is 5.10. The van der Waals surface area contributed by atoms with Crippen LogP contribution in [0.3, 0.4) is 0 Å². The molecule has 0 fully saturated rings. The summed E-state index contributed by atoms with van der Waals surface area (Å²) in [6.45, 7) is 1.32. The van der Waals surface area contributed by atoms with Gasteiger partial charge in [0.1, 0.15) is 5.75 Å². The maximum atomic E-state index is 12.0. The number of anilines is 2. The smallest absolute Gasteiger partial charge is 0.337 e. The predicted molar refractivity (Wildman–Crippen MR) is 158 cm³/mol. The van der Waals surface area contributed by atoms with E-state index in [1.165, 1.54) is 7.11 Å². The zero-order valence-electron chi connectivity index (χ0n) is 23.9. The van der Waals surface area contributed by atoms with Crippen LogP contribution in [0.15, 0.2) is 61.1 Å². The Morgan fingerprint density at radius 2 is 1.81 bits per heavy atom. The molecule has 1 N–H and O–H groups in total. The molecule has 214 valence electrons. The van der Waals surface area contributed by atoms with Gasteiger partial charge in [0.05, 0.1) is 61.9 Å². The van der Waals surface area contributed by atoms with Crippen molar-refractivity contribution in [2.45, 2.75) is 19.4 Å². The van der Waals surface area contributed by atoms with Crippen molar-refractivity contribution in [2.75, 3.05) is 33.3 Å². The lowest BCUT2D eigenvalue weighted by Gasteiger charge is -2.18. The summed E-state index contributed by atoms with van der Waals surface area (Å²) in [4.78, 5) is 21.5. The summed E-state index contributed by atoms with van der Waals surface area (Å²) >= 11 is 0. The Labute approximate surface area is 243 Å². The highest BCUT2D eigenvalue weighted by atomic mass is 16.5. The van der Waals surface area contributed by atoms with Crippen molar-refractivity contribution in [3.05, 3.63) is 77.9 Å². The van der Waals surface area contributed by atoms with Gasteiger partial charge in [0.25, 0.3) is 0 Å². The van der Waals surface area contributed by atoms with Crippen LogP contribution in [0.5, 0.6) is 5.75 Å². The Kier molecular flexibility index (Phi) is 7.41. The highest BCUT2D eigenvalue weighted by molar-refractivity contribution is 5.91. The topological polar surface area (TPSA) is 118 Å². The molecule has 2 aromatic carbocycles. The van der Waals surface area contributed by atoms with E-state index in [0.717, 1.165) is 57.7 Å². The van der Waals surface area contributed by atoms with E-state index in [1.54, 1.807) is 32.4 Å². The lowest BCUT2D eigenvalue weighted by molar-refractivity contribution is 0.0600. The molecule has 1 aliphatic rings. The molecule has 3 heterocycles. The number of benzene rings is 2. The number of nitrogens with one attached hydrogen (secondary N) is 1. The van der Waals surface area contributed by atoms with Gasteiger partial charge in [-0.25, -0.2) is 14.8 Å². The fourth-order valence-electron chi connectivity index (χ4n) is 5.25. The van der Waals surface area contributed by atoms with E-state index in [0.29, 0.717) is 36.1 Å². The number of esters is 1. The van der Waals surface area contributed by atoms with E-state index in [9.17, 15) is 4.79 Å². The number of hydrogen-bond donors (Lipinski definition) is 1. The lowest BCUT2D eigenvalue weighted by atomic mass is 9.91. The minimum Gasteiger partial charge on any atom is -0.495 e. The Morgan fingerprint density at radius 1 is 1.00 bits per heavy atom. The van der Waals surface area contributed by atoms with Crippen molar-refractivity contribution in [1.82, 2.24) is 29.5 Å². The second-order valence-electron chi connectivity index (χ2n) is 9.96. The SMILES string of the molecule is COCCn1cc(-c2ccc(-c3c4c(nn3C)CCc3cnc(Nc5ccc(C(=O)OC)cc5OC)nc3-4)cc2)cn1. The van der Waals surface area contributed by atoms with Gasteiger partial charge in [-0.15, -0.1) is 0 Å². The number of nitrogens with zero attached hydrogens (tertiary/aromatic N) is 6. The molecule has 42 heavy (non-hydrogen) atoms. The van der Waals surface area contributed by atoms with Gasteiger partial charge in [-0.2, -0.15) is 10.2 Å². The van der Waals surface area contributed by atoms with E-state index < -0.39 is 5.97 Å². The highest BCUT2D eigenvalue weighted by Gasteiger charge is 2.27. The molecule has 0 unspecified atom stereocenters. The molecule has 0 amide bonds. The van der Waals surface area contributed by atoms with E-state index >= 15 is 0 Å². The molecule has 1 aliphatic carbocycles. The first-order chi connectivity index (χ1) is 20.5. The number of ether oxygens (including phenoxy) is 3. The quantitative estimate of drug-likeness (QED) is 0.254. The molecular formula is C31H31N7O4. The zero-order chi connectivity index (χ0) is 29.2. The first-order valence-corrected chi connectivity index (χ1v) is 13.6. The maximum absolute atomic E-state index is 12.0. The molecule has 5 aromatic rings. The van der Waals surface area contributed by atoms with Crippen LogP contribution < -0.4 is 10.1 Å². The van der Waals surface area contributed by atoms with Gasteiger partial charge in [-0.05, 0) is 42.2 Å². The van der Waals surface area contributed by atoms with E-state index in [2.05, 4.69) is 39.7 Å². The molecule has 6 rings (SSSR count). The van der Waals surface area contributed by atoms with Gasteiger partial charge in [0, 0.05) is 43.2 Å². The zero-order valence-corrected chi connectivity index (χ0v) is 23.9. The fourth-order valence-corrected chi connectivity index (χ4v) is 5.25. The molecular weight excluding hydrogens is 534 g/mol. The van der Waals surface area contributed by atoms with Crippen molar-refractivity contribution in [2.24, 2.45) is 7.05 Å². The Bertz CT molecular complexity index is 1760. The first kappa shape index (κ1) is 27.2. The van der Waals surface area contributed by atoms with E-state index in [-0.39, 0.29) is 0 Å². The summed E-state index contributed by atoms with van der Waals surface area (Å²) in [6.07, 6.45) is 7.38. The molecule has 0 atom stereocenters. The van der Waals surface area contributed by atoms with Crippen LogP contribution in [-0.2, 0) is 35.9 Å². The Morgan fingerprint density at radius 3 is 2.57 bits per heavy atom. The average molecular weight is 566 g/mol. The Hall–Kier alpha value is -5.03. The summed E-state index contributed by atoms with van der Waals surface area (Å²) in [6, 6.07) is 13.5. The molecule has 0 saturated carbocycles. The number of aromatic nitrogens is 6. The number of carbonyl (C=O) groups excluding carboxylic acids is 1. The molecule has 0 spiro atoms. The summed E-state index contributed by atoms with van der Waals surface area (Å²) in [5, 5.41) is 12.6. The fraction of sp³-hybridized carbons (Fsp3) is 0.258. The molecule has 0 saturated heterocycles. The van der Waals surface area contributed by atoms with E-state index in [1.807, 2.05) is 35.0 Å². The number of rotatable bonds is 9. The predicted octanol–water partition coefficient (Wildman–Crippen LogP) is 4.69. The summed E-state index contributed by atoms with van der Waals surface area (Å²) in [5.74, 6) is 0.458. The largest absolute Gasteiger partial charge is 0.495 e. The molecule has 0 bridgehead atoms. The standard InChI is InChI=1S/C31H31N7O4/c1-37-29(20-7-5-19(6-8-20)23-17-33-38(18-23)13-14-40-2)27-25(36-37)12-10-22-16-32-31(35-28(22)27)34-24-11-9-21(30(39)42-4)15-26(24)41-3/h5-9,11,15-18H,10,12-14H2,1-4H3,(H,32,34,35). The lowest BCUT2D eigenvalue weighted by Crippen LogP contribution is -2.09. The van der Waals surface area contributed by atoms with Gasteiger partial charge in [-0.3, -0.25) is 9.36 Å². The van der Waals surface area contributed by atoms with E-state index in [4.69, 9.17) is 24.3 Å². The van der Waals surface area contributed by atoms with Crippen LogP contribution in [-0.4, -0.2) is 63.4 Å². The average Bonchev–Trinajstić information content (AvgIpc) is 3.64. The molecule has 3 aromatic heterocycles. The van der Waals surface area contributed by atoms with Crippen LogP contribution >= 0.6 is 0 Å². The van der Waals surface area contributed by atoms with Crippen LogP contribution in [0.4, 0.5) is 11.6 Å². The van der Waals surface area contributed by atoms with Gasteiger partial charge in [0.15, 0.2) is 0 Å². The van der Waals surface area contributed by atoms with Crippen molar-refractivity contribution >= 4 is 17.6 Å². The van der Waals surface area contributed by atoms with Gasteiger partial charge >= 0.3 is 5.97 Å². The monoisotopic (exact) mass is 565 g/mol. The second kappa shape index (κ2) is 11.5. The molecule has 11 nitrogen and oxygen atoms in total. The van der Waals surface area contributed by atoms with Crippen LogP contribution in [0, 0.1) is 0 Å². The molecule has 0 aliphatic heterocycles. The summed E-state index contributed by atoms with van der Waals surface area (Å²) in [5.41, 5.74) is 9.14. The summed E-state index contributed by atoms with van der Waals surface area (Å²) in [7, 11) is 6.54. The normalized spacial score (nSPS) is 12.0. The number of aryl methyl sites for hydroxylation is 3. The van der Waals surface area contributed by atoms with Gasteiger partial charge in [-0.1, -0.05) is 24.3 Å². The minimum atomic E-state index is -0.438. The third-order valence-corrected chi connectivity index (χ3v) is 7.37. The minimum absolute atomic E-state index is 0.391. The maximum Gasteiger partial charge on any atom is 0.337 e. The third-order valence-electron chi connectivity index (χ3n) is 7.37.